The first kappa shape index (κ1) is 20.0. The van der Waals surface area contributed by atoms with E-state index in [1.54, 1.807) is 6.92 Å². The summed E-state index contributed by atoms with van der Waals surface area (Å²) >= 11 is -1.32. The largest absolute Gasteiger partial charge is 0.598 e. The van der Waals surface area contributed by atoms with Crippen molar-refractivity contribution >= 4 is 11.4 Å². The Morgan fingerprint density at radius 3 is 2.48 bits per heavy atom. The van der Waals surface area contributed by atoms with Crippen molar-refractivity contribution in [3.63, 3.8) is 0 Å². The molecule has 1 rings (SSSR count). The number of aliphatic hydroxyl groups is 1. The number of rotatable bonds is 6. The molecule has 0 amide bonds. The third kappa shape index (κ3) is 6.54. The van der Waals surface area contributed by atoms with Crippen LogP contribution in [0.25, 0.3) is 0 Å². The number of hydrogen-bond acceptors (Lipinski definition) is 5. The molecule has 9 heteroatoms. The number of nitrogens with zero attached hydrogens (tertiary/aromatic N) is 1. The summed E-state index contributed by atoms with van der Waals surface area (Å²) in [5, 5.41) is 9.28. The lowest BCUT2D eigenvalue weighted by atomic mass is 10.1. The minimum atomic E-state index is -4.48. The van der Waals surface area contributed by atoms with Gasteiger partial charge in [0.15, 0.2) is 6.61 Å². The molecule has 0 aliphatic carbocycles. The predicted octanol–water partition coefficient (Wildman–Crippen LogP) is 2.63. The van der Waals surface area contributed by atoms with Gasteiger partial charge in [0.1, 0.15) is 4.75 Å². The first-order chi connectivity index (χ1) is 10.4. The zero-order valence-corrected chi connectivity index (χ0v) is 14.2. The van der Waals surface area contributed by atoms with E-state index in [1.807, 2.05) is 20.8 Å². The highest BCUT2D eigenvalue weighted by atomic mass is 32.2. The summed E-state index contributed by atoms with van der Waals surface area (Å²) in [5.41, 5.74) is 0.730. The number of pyridine rings is 1. The first-order valence-electron chi connectivity index (χ1n) is 6.91. The fourth-order valence-electron chi connectivity index (χ4n) is 1.55. The Morgan fingerprint density at radius 1 is 1.39 bits per heavy atom. The normalized spacial score (nSPS) is 15.3. The quantitative estimate of drug-likeness (QED) is 0.768. The van der Waals surface area contributed by atoms with Gasteiger partial charge in [-0.25, -0.2) is 4.98 Å². The van der Waals surface area contributed by atoms with Crippen molar-refractivity contribution in [1.29, 1.82) is 0 Å². The van der Waals surface area contributed by atoms with Gasteiger partial charge >= 0.3 is 6.18 Å². The van der Waals surface area contributed by atoms with Crippen molar-refractivity contribution in [2.45, 2.75) is 51.3 Å². The molecule has 0 aromatic carbocycles. The Labute approximate surface area is 136 Å². The molecular formula is C14H21F3N2O3S. The molecule has 2 N–H and O–H groups in total. The molecule has 1 aromatic rings. The lowest BCUT2D eigenvalue weighted by Gasteiger charge is -2.26. The van der Waals surface area contributed by atoms with Crippen molar-refractivity contribution < 1.29 is 27.6 Å². The Bertz CT molecular complexity index is 521. The maximum absolute atomic E-state index is 12.2. The fraction of sp³-hybridized carbons (Fsp3) is 0.643. The van der Waals surface area contributed by atoms with Gasteiger partial charge in [-0.05, 0) is 39.3 Å². The van der Waals surface area contributed by atoms with Crippen LogP contribution in [-0.2, 0) is 18.0 Å². The van der Waals surface area contributed by atoms with E-state index in [-0.39, 0.29) is 17.5 Å². The molecule has 23 heavy (non-hydrogen) atoms. The van der Waals surface area contributed by atoms with E-state index in [1.165, 1.54) is 12.3 Å². The third-order valence-electron chi connectivity index (χ3n) is 2.83. The van der Waals surface area contributed by atoms with Crippen LogP contribution in [0.15, 0.2) is 12.3 Å². The molecule has 0 fully saturated rings. The first-order valence-corrected chi connectivity index (χ1v) is 8.06. The second kappa shape index (κ2) is 7.69. The highest BCUT2D eigenvalue weighted by Crippen LogP contribution is 2.25. The molecule has 5 nitrogen and oxygen atoms in total. The number of aromatic nitrogens is 1. The van der Waals surface area contributed by atoms with Crippen molar-refractivity contribution in [3.05, 3.63) is 23.4 Å². The van der Waals surface area contributed by atoms with E-state index < -0.39 is 35.5 Å². The average Bonchev–Trinajstić information content (AvgIpc) is 2.42. The summed E-state index contributed by atoms with van der Waals surface area (Å²) < 4.78 is 55.6. The van der Waals surface area contributed by atoms with Crippen LogP contribution in [0, 0.1) is 0 Å². The summed E-state index contributed by atoms with van der Waals surface area (Å²) in [5.74, 6) is -0.266. The average molecular weight is 354 g/mol. The fourth-order valence-corrected chi connectivity index (χ4v) is 2.36. The van der Waals surface area contributed by atoms with Crippen molar-refractivity contribution in [2.24, 2.45) is 0 Å². The number of aliphatic hydroxyl groups excluding tert-OH is 1. The molecule has 0 spiro atoms. The molecule has 2 atom stereocenters. The van der Waals surface area contributed by atoms with Gasteiger partial charge in [0.25, 0.3) is 0 Å². The maximum atomic E-state index is 12.2. The van der Waals surface area contributed by atoms with Crippen molar-refractivity contribution in [1.82, 2.24) is 9.71 Å². The summed E-state index contributed by atoms with van der Waals surface area (Å²) in [6, 6.07) is 1.13. The Kier molecular flexibility index (Phi) is 6.70. The van der Waals surface area contributed by atoms with Crippen LogP contribution in [0.4, 0.5) is 13.2 Å². The van der Waals surface area contributed by atoms with Gasteiger partial charge in [-0.3, -0.25) is 0 Å². The summed E-state index contributed by atoms with van der Waals surface area (Å²) in [7, 11) is 0. The topological polar surface area (TPSA) is 77.4 Å². The Hall–Kier alpha value is -1.03. The minimum absolute atomic E-state index is 0.141. The van der Waals surface area contributed by atoms with Crippen molar-refractivity contribution in [2.75, 3.05) is 6.61 Å². The number of alkyl halides is 3. The molecule has 0 bridgehead atoms. The SMILES string of the molecule is C[C@@H](N[S+]([O-])C(C)(C)C)c1cnc(OCC(F)(F)F)c(CO)c1. The monoisotopic (exact) mass is 354 g/mol. The molecule has 1 unspecified atom stereocenters. The molecule has 0 radical (unpaired) electrons. The van der Waals surface area contributed by atoms with Gasteiger partial charge < -0.3 is 14.4 Å². The standard InChI is InChI=1S/C14H21F3N2O3S/c1-9(19-23(21)13(2,3)4)10-5-11(7-20)12(18-6-10)22-8-14(15,16)17/h5-6,9,19-20H,7-8H2,1-4H3/t9-,23?/m1/s1. The molecular weight excluding hydrogens is 333 g/mol. The van der Waals surface area contributed by atoms with Crippen LogP contribution >= 0.6 is 0 Å². The Balaban J connectivity index is 2.86. The van der Waals surface area contributed by atoms with E-state index >= 15 is 0 Å². The van der Waals surface area contributed by atoms with Gasteiger partial charge in [0.05, 0.1) is 12.6 Å². The number of ether oxygens (including phenoxy) is 1. The van der Waals surface area contributed by atoms with Gasteiger partial charge in [-0.15, -0.1) is 4.72 Å². The summed E-state index contributed by atoms with van der Waals surface area (Å²) in [4.78, 5) is 3.82. The van der Waals surface area contributed by atoms with Gasteiger partial charge in [0, 0.05) is 23.1 Å². The molecule has 0 aliphatic rings. The number of hydrogen-bond donors (Lipinski definition) is 2. The van der Waals surface area contributed by atoms with E-state index in [2.05, 4.69) is 14.4 Å². The van der Waals surface area contributed by atoms with E-state index in [4.69, 9.17) is 0 Å². The second-order valence-corrected chi connectivity index (χ2v) is 8.01. The van der Waals surface area contributed by atoms with E-state index in [9.17, 15) is 22.8 Å². The predicted molar refractivity (Wildman–Crippen MR) is 81.2 cm³/mol. The van der Waals surface area contributed by atoms with Crippen LogP contribution in [0.5, 0.6) is 5.88 Å². The molecule has 132 valence electrons. The van der Waals surface area contributed by atoms with Crippen LogP contribution in [-0.4, -0.2) is 32.2 Å². The van der Waals surface area contributed by atoms with Crippen molar-refractivity contribution in [3.8, 4) is 5.88 Å². The zero-order valence-electron chi connectivity index (χ0n) is 13.4. The highest BCUT2D eigenvalue weighted by Gasteiger charge is 2.30. The highest BCUT2D eigenvalue weighted by molar-refractivity contribution is 7.90. The molecule has 0 saturated heterocycles. The summed E-state index contributed by atoms with van der Waals surface area (Å²) in [6.45, 7) is 5.20. The maximum Gasteiger partial charge on any atom is 0.422 e. The van der Waals surface area contributed by atoms with E-state index in [0.717, 1.165) is 0 Å². The van der Waals surface area contributed by atoms with Crippen LogP contribution in [0.2, 0.25) is 0 Å². The lowest BCUT2D eigenvalue weighted by molar-refractivity contribution is -0.154. The molecule has 1 aromatic heterocycles. The van der Waals surface area contributed by atoms with Gasteiger partial charge in [-0.2, -0.15) is 13.2 Å². The zero-order chi connectivity index (χ0) is 17.8. The van der Waals surface area contributed by atoms with E-state index in [0.29, 0.717) is 5.56 Å². The number of nitrogens with one attached hydrogen (secondary N) is 1. The minimum Gasteiger partial charge on any atom is -0.598 e. The molecule has 1 heterocycles. The van der Waals surface area contributed by atoms with Crippen LogP contribution in [0.3, 0.4) is 0 Å². The third-order valence-corrected chi connectivity index (χ3v) is 4.51. The smallest absolute Gasteiger partial charge is 0.422 e. The van der Waals surface area contributed by atoms with Gasteiger partial charge in [-0.1, -0.05) is 0 Å². The Morgan fingerprint density at radius 2 is 2.00 bits per heavy atom. The molecule has 0 saturated carbocycles. The van der Waals surface area contributed by atoms with Gasteiger partial charge in [0.2, 0.25) is 5.88 Å². The second-order valence-electron chi connectivity index (χ2n) is 6.02. The molecule has 0 aliphatic heterocycles. The van der Waals surface area contributed by atoms with Crippen LogP contribution in [0.1, 0.15) is 44.9 Å². The van der Waals surface area contributed by atoms with Crippen LogP contribution < -0.4 is 9.46 Å². The number of halogens is 3. The summed E-state index contributed by atoms with van der Waals surface area (Å²) in [6.07, 6.45) is -3.14. The lowest BCUT2D eigenvalue weighted by Crippen LogP contribution is -2.40.